The quantitative estimate of drug-likeness (QED) is 0.482. The van der Waals surface area contributed by atoms with Crippen molar-refractivity contribution in [2.24, 2.45) is 0 Å². The van der Waals surface area contributed by atoms with E-state index < -0.39 is 22.4 Å². The minimum atomic E-state index is -1.81. The summed E-state index contributed by atoms with van der Waals surface area (Å²) >= 11 is 1.22. The lowest BCUT2D eigenvalue weighted by molar-refractivity contribution is -0.387. The molecule has 0 unspecified atom stereocenters. The smallest absolute Gasteiger partial charge is 0.335 e. The second-order valence-electron chi connectivity index (χ2n) is 5.27. The fourth-order valence-corrected chi connectivity index (χ4v) is 2.99. The summed E-state index contributed by atoms with van der Waals surface area (Å²) in [6, 6.07) is 4.26. The van der Waals surface area contributed by atoms with Crippen molar-refractivity contribution in [1.82, 2.24) is 4.90 Å². The summed E-state index contributed by atoms with van der Waals surface area (Å²) in [5.74, 6) is -1.71. The number of nitro groups is 1. The molecule has 1 fully saturated rings. The van der Waals surface area contributed by atoms with Crippen LogP contribution in [0.15, 0.2) is 23.1 Å². The van der Waals surface area contributed by atoms with E-state index in [4.69, 9.17) is 5.11 Å². The number of carboxylic acids is 1. The molecule has 1 saturated heterocycles. The number of carbonyl (C=O) groups is 2. The van der Waals surface area contributed by atoms with Crippen LogP contribution in [0.1, 0.15) is 23.2 Å². The predicted molar refractivity (Wildman–Crippen MR) is 82.6 cm³/mol. The fraction of sp³-hybridized carbons (Fsp3) is 0.429. The molecule has 0 spiro atoms. The largest absolute Gasteiger partial charge is 0.479 e. The van der Waals surface area contributed by atoms with Crippen LogP contribution in [-0.4, -0.2) is 56.9 Å². The van der Waals surface area contributed by atoms with Crippen molar-refractivity contribution in [3.63, 3.8) is 0 Å². The summed E-state index contributed by atoms with van der Waals surface area (Å²) < 4.78 is 0. The maximum atomic E-state index is 12.4. The molecule has 0 bridgehead atoms. The van der Waals surface area contributed by atoms with Crippen LogP contribution in [-0.2, 0) is 4.79 Å². The molecule has 0 atom stereocenters. The van der Waals surface area contributed by atoms with Gasteiger partial charge >= 0.3 is 5.97 Å². The molecule has 0 aromatic heterocycles. The molecule has 0 aliphatic carbocycles. The van der Waals surface area contributed by atoms with Gasteiger partial charge in [0.25, 0.3) is 11.6 Å². The van der Waals surface area contributed by atoms with Crippen LogP contribution in [0, 0.1) is 10.1 Å². The van der Waals surface area contributed by atoms with E-state index in [2.05, 4.69) is 0 Å². The van der Waals surface area contributed by atoms with Crippen molar-refractivity contribution in [2.75, 3.05) is 19.3 Å². The molecule has 124 valence electrons. The van der Waals surface area contributed by atoms with E-state index >= 15 is 0 Å². The molecule has 1 aliphatic rings. The number of rotatable bonds is 4. The number of piperidine rings is 1. The van der Waals surface area contributed by atoms with Gasteiger partial charge in [0, 0.05) is 37.6 Å². The molecule has 1 aromatic carbocycles. The summed E-state index contributed by atoms with van der Waals surface area (Å²) in [5.41, 5.74) is -1.77. The third kappa shape index (κ3) is 3.45. The fourth-order valence-electron chi connectivity index (χ4n) is 2.44. The molecule has 1 aliphatic heterocycles. The SMILES string of the molecule is CSc1ccc(C(=O)N2CCC(O)(C(=O)O)CC2)cc1[N+](=O)[O-]. The number of hydrogen-bond donors (Lipinski definition) is 2. The Hall–Kier alpha value is -2.13. The number of carbonyl (C=O) groups excluding carboxylic acids is 1. The summed E-state index contributed by atoms with van der Waals surface area (Å²) in [6.45, 7) is 0.166. The third-order valence-corrected chi connectivity index (χ3v) is 4.68. The number of thioether (sulfide) groups is 1. The van der Waals surface area contributed by atoms with Crippen LogP contribution < -0.4 is 0 Å². The number of hydrogen-bond acceptors (Lipinski definition) is 6. The monoisotopic (exact) mass is 340 g/mol. The first kappa shape index (κ1) is 17.2. The Morgan fingerprint density at radius 2 is 1.96 bits per heavy atom. The van der Waals surface area contributed by atoms with E-state index in [-0.39, 0.29) is 37.2 Å². The zero-order valence-corrected chi connectivity index (χ0v) is 13.2. The number of carboxylic acid groups (broad SMARTS) is 1. The first-order valence-electron chi connectivity index (χ1n) is 6.86. The lowest BCUT2D eigenvalue weighted by atomic mass is 9.91. The number of benzene rings is 1. The zero-order valence-electron chi connectivity index (χ0n) is 12.4. The standard InChI is InChI=1S/C14H16N2O6S/c1-23-11-3-2-9(8-10(11)16(21)22)12(17)15-6-4-14(20,5-7-15)13(18)19/h2-3,8,20H,4-7H2,1H3,(H,18,19). The van der Waals surface area contributed by atoms with E-state index in [9.17, 15) is 24.8 Å². The number of nitrogens with zero attached hydrogens (tertiary/aromatic N) is 2. The number of aliphatic carboxylic acids is 1. The van der Waals surface area contributed by atoms with Gasteiger partial charge in [-0.2, -0.15) is 0 Å². The summed E-state index contributed by atoms with van der Waals surface area (Å²) in [5, 5.41) is 29.9. The van der Waals surface area contributed by atoms with Gasteiger partial charge in [-0.05, 0) is 18.4 Å². The minimum absolute atomic E-state index is 0.0704. The van der Waals surface area contributed by atoms with Crippen molar-refractivity contribution in [3.8, 4) is 0 Å². The second-order valence-corrected chi connectivity index (χ2v) is 6.12. The maximum Gasteiger partial charge on any atom is 0.335 e. The lowest BCUT2D eigenvalue weighted by Crippen LogP contribution is -2.50. The molecule has 23 heavy (non-hydrogen) atoms. The van der Waals surface area contributed by atoms with E-state index in [1.165, 1.54) is 34.9 Å². The van der Waals surface area contributed by atoms with Crippen molar-refractivity contribution < 1.29 is 24.7 Å². The molecule has 0 radical (unpaired) electrons. The Balaban J connectivity index is 2.17. The average Bonchev–Trinajstić information content (AvgIpc) is 2.54. The Kier molecular flexibility index (Phi) is 4.90. The second kappa shape index (κ2) is 6.55. The number of amides is 1. The number of nitro benzene ring substituents is 1. The van der Waals surface area contributed by atoms with E-state index in [1.807, 2.05) is 0 Å². The molecule has 2 rings (SSSR count). The highest BCUT2D eigenvalue weighted by Gasteiger charge is 2.40. The van der Waals surface area contributed by atoms with Gasteiger partial charge in [-0.3, -0.25) is 14.9 Å². The molecule has 1 amide bonds. The summed E-state index contributed by atoms with van der Waals surface area (Å²) in [4.78, 5) is 35.8. The molecular formula is C14H16N2O6S. The molecule has 0 saturated carbocycles. The maximum absolute atomic E-state index is 12.4. The normalized spacial score (nSPS) is 16.9. The van der Waals surface area contributed by atoms with Gasteiger partial charge in [0.15, 0.2) is 5.60 Å². The van der Waals surface area contributed by atoms with Crippen LogP contribution in [0.25, 0.3) is 0 Å². The highest BCUT2D eigenvalue weighted by atomic mass is 32.2. The number of likely N-dealkylation sites (tertiary alicyclic amines) is 1. The molecule has 2 N–H and O–H groups in total. The van der Waals surface area contributed by atoms with Crippen LogP contribution in [0.5, 0.6) is 0 Å². The van der Waals surface area contributed by atoms with Gasteiger partial charge < -0.3 is 15.1 Å². The van der Waals surface area contributed by atoms with Gasteiger partial charge in [0.1, 0.15) is 0 Å². The van der Waals surface area contributed by atoms with Gasteiger partial charge in [-0.1, -0.05) is 0 Å². The molecule has 9 heteroatoms. The number of aliphatic hydroxyl groups is 1. The van der Waals surface area contributed by atoms with Gasteiger partial charge in [0.2, 0.25) is 0 Å². The average molecular weight is 340 g/mol. The van der Waals surface area contributed by atoms with Gasteiger partial charge in [-0.25, -0.2) is 4.79 Å². The van der Waals surface area contributed by atoms with Crippen molar-refractivity contribution in [1.29, 1.82) is 0 Å². The summed E-state index contributed by atoms with van der Waals surface area (Å²) in [6.07, 6.45) is 1.57. The Labute approximate surface area is 136 Å². The third-order valence-electron chi connectivity index (χ3n) is 3.90. The van der Waals surface area contributed by atoms with Crippen molar-refractivity contribution in [3.05, 3.63) is 33.9 Å². The molecule has 8 nitrogen and oxygen atoms in total. The van der Waals surface area contributed by atoms with E-state index in [0.717, 1.165) is 0 Å². The van der Waals surface area contributed by atoms with Crippen molar-refractivity contribution in [2.45, 2.75) is 23.3 Å². The first-order chi connectivity index (χ1) is 10.8. The van der Waals surface area contributed by atoms with E-state index in [1.54, 1.807) is 6.26 Å². The Morgan fingerprint density at radius 1 is 1.35 bits per heavy atom. The van der Waals surface area contributed by atoms with Crippen LogP contribution in [0.3, 0.4) is 0 Å². The van der Waals surface area contributed by atoms with E-state index in [0.29, 0.717) is 4.90 Å². The first-order valence-corrected chi connectivity index (χ1v) is 8.08. The summed E-state index contributed by atoms with van der Waals surface area (Å²) in [7, 11) is 0. The topological polar surface area (TPSA) is 121 Å². The molecular weight excluding hydrogens is 324 g/mol. The Morgan fingerprint density at radius 3 is 2.43 bits per heavy atom. The van der Waals surface area contributed by atoms with Crippen LogP contribution in [0.2, 0.25) is 0 Å². The molecule has 1 heterocycles. The van der Waals surface area contributed by atoms with Gasteiger partial charge in [0.05, 0.1) is 9.82 Å². The van der Waals surface area contributed by atoms with Gasteiger partial charge in [-0.15, -0.1) is 11.8 Å². The highest BCUT2D eigenvalue weighted by molar-refractivity contribution is 7.98. The minimum Gasteiger partial charge on any atom is -0.479 e. The van der Waals surface area contributed by atoms with Crippen LogP contribution in [0.4, 0.5) is 5.69 Å². The molecule has 1 aromatic rings. The zero-order chi connectivity index (χ0) is 17.2. The predicted octanol–water partition coefficient (Wildman–Crippen LogP) is 1.37. The lowest BCUT2D eigenvalue weighted by Gasteiger charge is -2.35. The van der Waals surface area contributed by atoms with Crippen molar-refractivity contribution >= 4 is 29.3 Å². The Bertz CT molecular complexity index is 655. The highest BCUT2D eigenvalue weighted by Crippen LogP contribution is 2.29. The van der Waals surface area contributed by atoms with Crippen LogP contribution >= 0.6 is 11.8 Å².